The van der Waals surface area contributed by atoms with Crippen LogP contribution >= 0.6 is 0 Å². The van der Waals surface area contributed by atoms with E-state index in [0.717, 1.165) is 11.3 Å². The molecule has 2 amide bonds. The number of rotatable bonds is 4. The second-order valence-electron chi connectivity index (χ2n) is 5.12. The number of hydrogen-bond acceptors (Lipinski definition) is 4. The van der Waals surface area contributed by atoms with Gasteiger partial charge in [-0.15, -0.1) is 0 Å². The minimum Gasteiger partial charge on any atom is -0.424 e. The Balaban J connectivity index is 1.58. The number of carbonyl (C=O) groups excluding carboxylic acids is 1. The monoisotopic (exact) mass is 320 g/mol. The number of para-hydroxylation sites is 1. The van der Waals surface area contributed by atoms with Crippen LogP contribution in [0.1, 0.15) is 5.56 Å². The number of hydrogen-bond donors (Lipinski definition) is 2. The van der Waals surface area contributed by atoms with E-state index in [0.29, 0.717) is 11.4 Å². The van der Waals surface area contributed by atoms with E-state index in [2.05, 4.69) is 20.6 Å². The molecule has 0 aliphatic rings. The molecule has 2 N–H and O–H groups in total. The van der Waals surface area contributed by atoms with Crippen LogP contribution in [-0.2, 0) is 0 Å². The maximum atomic E-state index is 12.0. The zero-order valence-corrected chi connectivity index (χ0v) is 13.1. The van der Waals surface area contributed by atoms with Gasteiger partial charge in [0.25, 0.3) is 0 Å². The highest BCUT2D eigenvalue weighted by atomic mass is 16.5. The summed E-state index contributed by atoms with van der Waals surface area (Å²) in [7, 11) is 0. The van der Waals surface area contributed by atoms with Crippen LogP contribution in [0.2, 0.25) is 0 Å². The van der Waals surface area contributed by atoms with E-state index in [1.54, 1.807) is 0 Å². The molecule has 0 unspecified atom stereocenters. The second-order valence-corrected chi connectivity index (χ2v) is 5.12. The van der Waals surface area contributed by atoms with Gasteiger partial charge in [-0.05, 0) is 36.8 Å². The second kappa shape index (κ2) is 7.23. The van der Waals surface area contributed by atoms with Gasteiger partial charge < -0.3 is 15.4 Å². The maximum absolute atomic E-state index is 12.0. The Morgan fingerprint density at radius 1 is 0.917 bits per heavy atom. The molecule has 24 heavy (non-hydrogen) atoms. The molecule has 2 aromatic carbocycles. The Labute approximate surface area is 139 Å². The number of carbonyl (C=O) groups is 1. The summed E-state index contributed by atoms with van der Waals surface area (Å²) in [6.45, 7) is 1.96. The number of urea groups is 1. The number of ether oxygens (including phenoxy) is 1. The number of nitrogens with zero attached hydrogens (tertiary/aromatic N) is 2. The first-order chi connectivity index (χ1) is 11.7. The van der Waals surface area contributed by atoms with Crippen molar-refractivity contribution in [2.45, 2.75) is 6.92 Å². The van der Waals surface area contributed by atoms with E-state index in [9.17, 15) is 4.79 Å². The SMILES string of the molecule is Cc1cccc(NC(=O)Nc2cnc(Oc3ccccc3)nc2)c1. The summed E-state index contributed by atoms with van der Waals surface area (Å²) in [5, 5.41) is 5.42. The van der Waals surface area contributed by atoms with Crippen molar-refractivity contribution < 1.29 is 9.53 Å². The van der Waals surface area contributed by atoms with Crippen molar-refractivity contribution in [3.8, 4) is 11.8 Å². The van der Waals surface area contributed by atoms with Crippen LogP contribution < -0.4 is 15.4 Å². The molecule has 0 atom stereocenters. The molecule has 3 aromatic rings. The summed E-state index contributed by atoms with van der Waals surface area (Å²) in [5.74, 6) is 0.649. The van der Waals surface area contributed by atoms with Gasteiger partial charge in [0.15, 0.2) is 0 Å². The van der Waals surface area contributed by atoms with Crippen molar-refractivity contribution in [1.29, 1.82) is 0 Å². The number of nitrogens with one attached hydrogen (secondary N) is 2. The molecule has 0 saturated carbocycles. The maximum Gasteiger partial charge on any atom is 0.323 e. The molecule has 120 valence electrons. The third-order valence-corrected chi connectivity index (χ3v) is 3.11. The van der Waals surface area contributed by atoms with Crippen molar-refractivity contribution in [3.63, 3.8) is 0 Å². The largest absolute Gasteiger partial charge is 0.424 e. The Bertz CT molecular complexity index is 820. The lowest BCUT2D eigenvalue weighted by Crippen LogP contribution is -2.19. The van der Waals surface area contributed by atoms with Gasteiger partial charge in [0.05, 0.1) is 18.1 Å². The topological polar surface area (TPSA) is 76.1 Å². The molecule has 0 saturated heterocycles. The first-order valence-corrected chi connectivity index (χ1v) is 7.39. The van der Waals surface area contributed by atoms with E-state index in [-0.39, 0.29) is 12.0 Å². The zero-order valence-electron chi connectivity index (χ0n) is 13.1. The molecule has 0 radical (unpaired) electrons. The molecule has 1 heterocycles. The number of aryl methyl sites for hydroxylation is 1. The van der Waals surface area contributed by atoms with Crippen molar-refractivity contribution in [2.24, 2.45) is 0 Å². The van der Waals surface area contributed by atoms with Gasteiger partial charge in [0.1, 0.15) is 5.75 Å². The van der Waals surface area contributed by atoms with Crippen LogP contribution in [0.4, 0.5) is 16.2 Å². The molecule has 0 aliphatic heterocycles. The lowest BCUT2D eigenvalue weighted by atomic mass is 10.2. The van der Waals surface area contributed by atoms with Crippen LogP contribution in [0.25, 0.3) is 0 Å². The van der Waals surface area contributed by atoms with Gasteiger partial charge in [0.2, 0.25) is 0 Å². The van der Waals surface area contributed by atoms with Gasteiger partial charge >= 0.3 is 12.0 Å². The van der Waals surface area contributed by atoms with Gasteiger partial charge in [-0.2, -0.15) is 0 Å². The van der Waals surface area contributed by atoms with E-state index < -0.39 is 0 Å². The quantitative estimate of drug-likeness (QED) is 0.754. The third-order valence-electron chi connectivity index (χ3n) is 3.11. The number of benzene rings is 2. The number of anilines is 2. The molecule has 0 bridgehead atoms. The fraction of sp³-hybridized carbons (Fsp3) is 0.0556. The first-order valence-electron chi connectivity index (χ1n) is 7.39. The predicted octanol–water partition coefficient (Wildman–Crippen LogP) is 4.22. The Hall–Kier alpha value is -3.41. The summed E-state index contributed by atoms with van der Waals surface area (Å²) in [6.07, 6.45) is 2.97. The molecule has 0 spiro atoms. The Morgan fingerprint density at radius 2 is 1.62 bits per heavy atom. The Morgan fingerprint density at radius 3 is 2.33 bits per heavy atom. The molecule has 6 nitrogen and oxygen atoms in total. The lowest BCUT2D eigenvalue weighted by molar-refractivity contribution is 0.262. The molecule has 1 aromatic heterocycles. The average Bonchev–Trinajstić information content (AvgIpc) is 2.57. The van der Waals surface area contributed by atoms with E-state index in [1.165, 1.54) is 12.4 Å². The standard InChI is InChI=1S/C18H16N4O2/c1-13-6-5-7-14(10-13)21-17(23)22-15-11-19-18(20-12-15)24-16-8-3-2-4-9-16/h2-12H,1H3,(H2,21,22,23). The van der Waals surface area contributed by atoms with Gasteiger partial charge in [-0.3, -0.25) is 0 Å². The fourth-order valence-corrected chi connectivity index (χ4v) is 2.04. The summed E-state index contributed by atoms with van der Waals surface area (Å²) < 4.78 is 5.50. The molecule has 6 heteroatoms. The van der Waals surface area contributed by atoms with Crippen LogP contribution in [-0.4, -0.2) is 16.0 Å². The molecule has 0 fully saturated rings. The highest BCUT2D eigenvalue weighted by molar-refractivity contribution is 5.99. The van der Waals surface area contributed by atoms with Crippen LogP contribution in [0.3, 0.4) is 0 Å². The highest BCUT2D eigenvalue weighted by Crippen LogP contribution is 2.17. The molecule has 3 rings (SSSR count). The van der Waals surface area contributed by atoms with Crippen molar-refractivity contribution >= 4 is 17.4 Å². The summed E-state index contributed by atoms with van der Waals surface area (Å²) in [5.41, 5.74) is 2.26. The number of aromatic nitrogens is 2. The normalized spacial score (nSPS) is 10.0. The molecule has 0 aliphatic carbocycles. The van der Waals surface area contributed by atoms with Crippen LogP contribution in [0, 0.1) is 6.92 Å². The minimum atomic E-state index is -0.360. The van der Waals surface area contributed by atoms with Crippen molar-refractivity contribution in [1.82, 2.24) is 9.97 Å². The van der Waals surface area contributed by atoms with Crippen LogP contribution in [0.15, 0.2) is 67.0 Å². The first kappa shape index (κ1) is 15.5. The van der Waals surface area contributed by atoms with Crippen LogP contribution in [0.5, 0.6) is 11.8 Å². The van der Waals surface area contributed by atoms with Crippen molar-refractivity contribution in [2.75, 3.05) is 10.6 Å². The third kappa shape index (κ3) is 4.30. The van der Waals surface area contributed by atoms with Gasteiger partial charge in [-0.1, -0.05) is 30.3 Å². The zero-order chi connectivity index (χ0) is 16.8. The van der Waals surface area contributed by atoms with Gasteiger partial charge in [-0.25, -0.2) is 14.8 Å². The molecular formula is C18H16N4O2. The van der Waals surface area contributed by atoms with Gasteiger partial charge in [0, 0.05) is 5.69 Å². The van der Waals surface area contributed by atoms with E-state index in [1.807, 2.05) is 61.5 Å². The van der Waals surface area contributed by atoms with E-state index in [4.69, 9.17) is 4.74 Å². The summed E-state index contributed by atoms with van der Waals surface area (Å²) in [4.78, 5) is 20.1. The highest BCUT2D eigenvalue weighted by Gasteiger charge is 2.05. The smallest absolute Gasteiger partial charge is 0.323 e. The number of amides is 2. The van der Waals surface area contributed by atoms with Crippen molar-refractivity contribution in [3.05, 3.63) is 72.6 Å². The molecular weight excluding hydrogens is 304 g/mol. The summed E-state index contributed by atoms with van der Waals surface area (Å²) >= 11 is 0. The van der Waals surface area contributed by atoms with E-state index >= 15 is 0 Å². The predicted molar refractivity (Wildman–Crippen MR) is 92.4 cm³/mol. The lowest BCUT2D eigenvalue weighted by Gasteiger charge is -2.08. The summed E-state index contributed by atoms with van der Waals surface area (Å²) in [6, 6.07) is 16.6. The minimum absolute atomic E-state index is 0.214. The fourth-order valence-electron chi connectivity index (χ4n) is 2.04. The Kier molecular flexibility index (Phi) is 4.67. The average molecular weight is 320 g/mol.